The number of aliphatic carboxylic acids is 1. The number of hydrogen-bond acceptors (Lipinski definition) is 5. The number of aromatic hydroxyl groups is 1. The number of amides is 1. The van der Waals surface area contributed by atoms with Crippen LogP contribution in [-0.4, -0.2) is 40.8 Å². The first kappa shape index (κ1) is 16.6. The van der Waals surface area contributed by atoms with E-state index in [9.17, 15) is 19.8 Å². The Kier molecular flexibility index (Phi) is 4.74. The monoisotopic (exact) mass is 343 g/mol. The Labute approximate surface area is 143 Å². The van der Waals surface area contributed by atoms with Gasteiger partial charge in [0.1, 0.15) is 18.4 Å². The predicted octanol–water partition coefficient (Wildman–Crippen LogP) is 1.34. The number of phenolic OH excluding ortho intramolecular Hbond substituents is 1. The molecular weight excluding hydrogens is 326 g/mol. The standard InChI is InChI=1S/C18H17NO6/c20-12-7-5-11(6-8-12)9-13(18(22)23)19-17(21)16-10-24-14-3-1-2-4-15(14)25-16/h1-8,13,16,20H,9-10H2,(H,19,21)(H,22,23). The maximum absolute atomic E-state index is 12.3. The summed E-state index contributed by atoms with van der Waals surface area (Å²) in [7, 11) is 0. The lowest BCUT2D eigenvalue weighted by atomic mass is 10.1. The van der Waals surface area contributed by atoms with Crippen LogP contribution in [0.25, 0.3) is 0 Å². The van der Waals surface area contributed by atoms with Gasteiger partial charge in [0, 0.05) is 6.42 Å². The molecule has 1 aliphatic heterocycles. The van der Waals surface area contributed by atoms with Gasteiger partial charge in [-0.3, -0.25) is 4.79 Å². The number of nitrogens with one attached hydrogen (secondary N) is 1. The fraction of sp³-hybridized carbons (Fsp3) is 0.222. The van der Waals surface area contributed by atoms with Crippen molar-refractivity contribution in [3.8, 4) is 17.2 Å². The smallest absolute Gasteiger partial charge is 0.326 e. The van der Waals surface area contributed by atoms with Crippen molar-refractivity contribution >= 4 is 11.9 Å². The Bertz CT molecular complexity index is 773. The van der Waals surface area contributed by atoms with Gasteiger partial charge in [-0.05, 0) is 29.8 Å². The zero-order chi connectivity index (χ0) is 17.8. The molecule has 25 heavy (non-hydrogen) atoms. The molecule has 0 saturated carbocycles. The van der Waals surface area contributed by atoms with Gasteiger partial charge in [0.15, 0.2) is 11.5 Å². The van der Waals surface area contributed by atoms with Crippen LogP contribution in [-0.2, 0) is 16.0 Å². The maximum Gasteiger partial charge on any atom is 0.326 e. The largest absolute Gasteiger partial charge is 0.508 e. The zero-order valence-electron chi connectivity index (χ0n) is 13.2. The van der Waals surface area contributed by atoms with Crippen molar-refractivity contribution in [2.45, 2.75) is 18.6 Å². The highest BCUT2D eigenvalue weighted by Gasteiger charge is 2.30. The Morgan fingerprint density at radius 1 is 1.12 bits per heavy atom. The lowest BCUT2D eigenvalue weighted by Crippen LogP contribution is -2.50. The van der Waals surface area contributed by atoms with Gasteiger partial charge in [-0.25, -0.2) is 4.79 Å². The number of hydrogen-bond donors (Lipinski definition) is 3. The fourth-order valence-electron chi connectivity index (χ4n) is 2.48. The van der Waals surface area contributed by atoms with Gasteiger partial charge in [0.05, 0.1) is 0 Å². The van der Waals surface area contributed by atoms with Crippen LogP contribution in [0.4, 0.5) is 0 Å². The summed E-state index contributed by atoms with van der Waals surface area (Å²) >= 11 is 0. The summed E-state index contributed by atoms with van der Waals surface area (Å²) in [6, 6.07) is 12.0. The Balaban J connectivity index is 1.65. The van der Waals surface area contributed by atoms with Gasteiger partial charge in [-0.2, -0.15) is 0 Å². The second kappa shape index (κ2) is 7.12. The molecule has 0 aliphatic carbocycles. The van der Waals surface area contributed by atoms with E-state index in [1.54, 1.807) is 36.4 Å². The summed E-state index contributed by atoms with van der Waals surface area (Å²) in [5.74, 6) is -0.630. The van der Waals surface area contributed by atoms with E-state index >= 15 is 0 Å². The molecule has 2 aromatic rings. The molecule has 2 unspecified atom stereocenters. The summed E-state index contributed by atoms with van der Waals surface area (Å²) in [5.41, 5.74) is 0.677. The molecule has 7 heteroatoms. The van der Waals surface area contributed by atoms with Crippen LogP contribution in [0.5, 0.6) is 17.2 Å². The number of benzene rings is 2. The molecule has 2 atom stereocenters. The van der Waals surface area contributed by atoms with Crippen molar-refractivity contribution in [2.24, 2.45) is 0 Å². The molecule has 2 aromatic carbocycles. The van der Waals surface area contributed by atoms with E-state index in [2.05, 4.69) is 5.32 Å². The van der Waals surface area contributed by atoms with Crippen LogP contribution < -0.4 is 14.8 Å². The van der Waals surface area contributed by atoms with Gasteiger partial charge in [-0.15, -0.1) is 0 Å². The summed E-state index contributed by atoms with van der Waals surface area (Å²) in [4.78, 5) is 23.8. The number of carbonyl (C=O) groups excluding carboxylic acids is 1. The number of ether oxygens (including phenoxy) is 2. The van der Waals surface area contributed by atoms with Gasteiger partial charge < -0.3 is 25.0 Å². The molecule has 0 saturated heterocycles. The third-order valence-corrected chi connectivity index (χ3v) is 3.79. The molecule has 1 amide bonds. The highest BCUT2D eigenvalue weighted by Crippen LogP contribution is 2.30. The van der Waals surface area contributed by atoms with E-state index in [4.69, 9.17) is 9.47 Å². The predicted molar refractivity (Wildman–Crippen MR) is 87.7 cm³/mol. The first-order chi connectivity index (χ1) is 12.0. The molecule has 0 aromatic heterocycles. The van der Waals surface area contributed by atoms with E-state index < -0.39 is 24.0 Å². The van der Waals surface area contributed by atoms with Gasteiger partial charge in [0.25, 0.3) is 5.91 Å². The summed E-state index contributed by atoms with van der Waals surface area (Å²) < 4.78 is 11.0. The third-order valence-electron chi connectivity index (χ3n) is 3.79. The van der Waals surface area contributed by atoms with Crippen molar-refractivity contribution in [1.82, 2.24) is 5.32 Å². The second-order valence-corrected chi connectivity index (χ2v) is 5.63. The lowest BCUT2D eigenvalue weighted by molar-refractivity contribution is -0.143. The quantitative estimate of drug-likeness (QED) is 0.757. The number of para-hydroxylation sites is 2. The highest BCUT2D eigenvalue weighted by atomic mass is 16.6. The minimum atomic E-state index is -1.15. The number of rotatable bonds is 5. The molecule has 1 aliphatic rings. The highest BCUT2D eigenvalue weighted by molar-refractivity contribution is 5.87. The minimum Gasteiger partial charge on any atom is -0.508 e. The number of carbonyl (C=O) groups is 2. The normalized spacial score (nSPS) is 16.7. The maximum atomic E-state index is 12.3. The van der Waals surface area contributed by atoms with E-state index in [1.807, 2.05) is 0 Å². The van der Waals surface area contributed by atoms with Crippen LogP contribution in [0.3, 0.4) is 0 Å². The molecule has 7 nitrogen and oxygen atoms in total. The van der Waals surface area contributed by atoms with Crippen molar-refractivity contribution in [3.05, 3.63) is 54.1 Å². The third kappa shape index (κ3) is 4.00. The number of carboxylic acids is 1. The van der Waals surface area contributed by atoms with Crippen molar-refractivity contribution < 1.29 is 29.3 Å². The molecule has 1 heterocycles. The van der Waals surface area contributed by atoms with Crippen LogP contribution in [0.1, 0.15) is 5.56 Å². The molecule has 3 N–H and O–H groups in total. The topological polar surface area (TPSA) is 105 Å². The Morgan fingerprint density at radius 2 is 1.80 bits per heavy atom. The number of carboxylic acid groups (broad SMARTS) is 1. The van der Waals surface area contributed by atoms with Crippen molar-refractivity contribution in [3.63, 3.8) is 0 Å². The Hall–Kier alpha value is -3.22. The van der Waals surface area contributed by atoms with E-state index in [0.717, 1.165) is 0 Å². The zero-order valence-corrected chi connectivity index (χ0v) is 13.2. The number of phenols is 1. The fourth-order valence-corrected chi connectivity index (χ4v) is 2.48. The van der Waals surface area contributed by atoms with Crippen LogP contribution >= 0.6 is 0 Å². The Morgan fingerprint density at radius 3 is 2.48 bits per heavy atom. The van der Waals surface area contributed by atoms with Crippen LogP contribution in [0, 0.1) is 0 Å². The van der Waals surface area contributed by atoms with Crippen molar-refractivity contribution in [2.75, 3.05) is 6.61 Å². The summed E-state index contributed by atoms with van der Waals surface area (Å²) in [6.45, 7) is 0.00833. The molecule has 0 fully saturated rings. The average Bonchev–Trinajstić information content (AvgIpc) is 2.62. The van der Waals surface area contributed by atoms with Gasteiger partial charge in [0.2, 0.25) is 6.10 Å². The SMILES string of the molecule is O=C(O)C(Cc1ccc(O)cc1)NC(=O)C1COc2ccccc2O1. The summed E-state index contributed by atoms with van der Waals surface area (Å²) in [5, 5.41) is 21.1. The van der Waals surface area contributed by atoms with Gasteiger partial charge in [-0.1, -0.05) is 24.3 Å². The van der Waals surface area contributed by atoms with E-state index in [0.29, 0.717) is 17.1 Å². The van der Waals surface area contributed by atoms with Crippen LogP contribution in [0.15, 0.2) is 48.5 Å². The first-order valence-electron chi connectivity index (χ1n) is 7.72. The average molecular weight is 343 g/mol. The minimum absolute atomic E-state index is 0.00833. The van der Waals surface area contributed by atoms with E-state index in [1.165, 1.54) is 12.1 Å². The van der Waals surface area contributed by atoms with E-state index in [-0.39, 0.29) is 18.8 Å². The molecule has 130 valence electrons. The molecule has 0 radical (unpaired) electrons. The lowest BCUT2D eigenvalue weighted by Gasteiger charge is -2.26. The second-order valence-electron chi connectivity index (χ2n) is 5.63. The molecule has 0 bridgehead atoms. The van der Waals surface area contributed by atoms with Crippen molar-refractivity contribution in [1.29, 1.82) is 0 Å². The molecule has 3 rings (SSSR count). The number of fused-ring (bicyclic) bond motifs is 1. The summed E-state index contributed by atoms with van der Waals surface area (Å²) in [6.07, 6.45) is -0.831. The first-order valence-corrected chi connectivity index (χ1v) is 7.72. The van der Waals surface area contributed by atoms with Crippen LogP contribution in [0.2, 0.25) is 0 Å². The van der Waals surface area contributed by atoms with Gasteiger partial charge >= 0.3 is 5.97 Å². The molecular formula is C18H17NO6. The molecule has 0 spiro atoms.